The number of anilines is 1. The number of thiophene rings is 1. The van der Waals surface area contributed by atoms with Gasteiger partial charge in [0.15, 0.2) is 0 Å². The lowest BCUT2D eigenvalue weighted by Crippen LogP contribution is -2.26. The summed E-state index contributed by atoms with van der Waals surface area (Å²) in [6.45, 7) is 0. The summed E-state index contributed by atoms with van der Waals surface area (Å²) in [6, 6.07) is 7.38. The number of rotatable bonds is 3. The first-order valence-electron chi connectivity index (χ1n) is 4.90. The smallest absolute Gasteiger partial charge is 0.266 e. The van der Waals surface area contributed by atoms with E-state index in [1.165, 1.54) is 25.2 Å². The van der Waals surface area contributed by atoms with Crippen LogP contribution < -0.4 is 4.31 Å². The third kappa shape index (κ3) is 2.43. The van der Waals surface area contributed by atoms with Crippen LogP contribution in [0.5, 0.6) is 0 Å². The Morgan fingerprint density at radius 2 is 2.06 bits per heavy atom. The van der Waals surface area contributed by atoms with E-state index in [4.69, 9.17) is 0 Å². The Hall–Kier alpha value is -0.920. The molecule has 1 aromatic carbocycles. The molecule has 0 amide bonds. The van der Waals surface area contributed by atoms with Crippen LogP contribution in [0, 0.1) is 5.82 Å². The van der Waals surface area contributed by atoms with Crippen molar-refractivity contribution in [1.29, 1.82) is 0 Å². The average Bonchev–Trinajstić information content (AvgIpc) is 2.82. The molecule has 0 spiro atoms. The van der Waals surface area contributed by atoms with Gasteiger partial charge in [0.25, 0.3) is 10.0 Å². The zero-order valence-corrected chi connectivity index (χ0v) is 12.5. The van der Waals surface area contributed by atoms with Gasteiger partial charge in [0.05, 0.1) is 5.69 Å². The van der Waals surface area contributed by atoms with Crippen molar-refractivity contribution in [2.75, 3.05) is 11.4 Å². The lowest BCUT2D eigenvalue weighted by atomic mass is 10.3. The largest absolute Gasteiger partial charge is 0.273 e. The van der Waals surface area contributed by atoms with Crippen LogP contribution in [0.25, 0.3) is 0 Å². The topological polar surface area (TPSA) is 37.4 Å². The molecule has 0 fully saturated rings. The Kier molecular flexibility index (Phi) is 3.74. The van der Waals surface area contributed by atoms with Crippen LogP contribution in [0.15, 0.2) is 44.4 Å². The van der Waals surface area contributed by atoms with Crippen molar-refractivity contribution in [1.82, 2.24) is 0 Å². The van der Waals surface area contributed by atoms with Gasteiger partial charge in [-0.1, -0.05) is 22.0 Å². The van der Waals surface area contributed by atoms with Gasteiger partial charge in [-0.05, 0) is 29.6 Å². The van der Waals surface area contributed by atoms with Crippen LogP contribution in [0.1, 0.15) is 0 Å². The fourth-order valence-electron chi connectivity index (χ4n) is 1.41. The maximum Gasteiger partial charge on any atom is 0.273 e. The average molecular weight is 350 g/mol. The van der Waals surface area contributed by atoms with Crippen LogP contribution in [-0.4, -0.2) is 15.5 Å². The molecule has 96 valence electrons. The Labute approximate surface area is 117 Å². The fourth-order valence-corrected chi connectivity index (χ4v) is 4.11. The van der Waals surface area contributed by atoms with Gasteiger partial charge in [-0.2, -0.15) is 0 Å². The summed E-state index contributed by atoms with van der Waals surface area (Å²) in [7, 11) is -2.35. The van der Waals surface area contributed by atoms with Gasteiger partial charge < -0.3 is 0 Å². The zero-order valence-electron chi connectivity index (χ0n) is 9.30. The molecule has 0 saturated carbocycles. The summed E-state index contributed by atoms with van der Waals surface area (Å²) in [5, 5.41) is 1.67. The highest BCUT2D eigenvalue weighted by Crippen LogP contribution is 2.28. The maximum atomic E-state index is 13.7. The molecular formula is C11H9BrFNO2S2. The number of hydrogen-bond donors (Lipinski definition) is 0. The number of hydrogen-bond acceptors (Lipinski definition) is 3. The lowest BCUT2D eigenvalue weighted by molar-refractivity contribution is 0.591. The third-order valence-corrected chi connectivity index (χ3v) is 6.00. The summed E-state index contributed by atoms with van der Waals surface area (Å²) in [6.07, 6.45) is 0. The van der Waals surface area contributed by atoms with E-state index in [-0.39, 0.29) is 9.90 Å². The predicted molar refractivity (Wildman–Crippen MR) is 74.0 cm³/mol. The molecule has 0 unspecified atom stereocenters. The van der Waals surface area contributed by atoms with Crippen molar-refractivity contribution in [3.05, 3.63) is 46.0 Å². The molecule has 2 rings (SSSR count). The van der Waals surface area contributed by atoms with Crippen molar-refractivity contribution in [2.45, 2.75) is 4.21 Å². The summed E-state index contributed by atoms with van der Waals surface area (Å²) in [5.74, 6) is -0.591. The monoisotopic (exact) mass is 349 g/mol. The summed E-state index contributed by atoms with van der Waals surface area (Å²) < 4.78 is 39.8. The molecule has 0 radical (unpaired) electrons. The lowest BCUT2D eigenvalue weighted by Gasteiger charge is -2.19. The van der Waals surface area contributed by atoms with E-state index in [0.29, 0.717) is 4.47 Å². The van der Waals surface area contributed by atoms with E-state index >= 15 is 0 Å². The predicted octanol–water partition coefficient (Wildman–Crippen LogP) is 3.47. The molecule has 2 aromatic rings. The molecule has 0 atom stereocenters. The second-order valence-corrected chi connectivity index (χ2v) is 7.56. The van der Waals surface area contributed by atoms with Crippen molar-refractivity contribution in [3.63, 3.8) is 0 Å². The third-order valence-electron chi connectivity index (χ3n) is 2.36. The van der Waals surface area contributed by atoms with E-state index in [0.717, 1.165) is 15.6 Å². The van der Waals surface area contributed by atoms with Crippen LogP contribution in [0.4, 0.5) is 10.1 Å². The first kappa shape index (κ1) is 13.5. The molecule has 0 aliphatic carbocycles. The molecular weight excluding hydrogens is 341 g/mol. The summed E-state index contributed by atoms with van der Waals surface area (Å²) in [5.41, 5.74) is 0.0200. The van der Waals surface area contributed by atoms with E-state index in [1.807, 2.05) is 0 Å². The molecule has 0 saturated heterocycles. The maximum absolute atomic E-state index is 13.7. The van der Waals surface area contributed by atoms with E-state index < -0.39 is 15.8 Å². The number of sulfonamides is 1. The van der Waals surface area contributed by atoms with Crippen molar-refractivity contribution < 1.29 is 12.8 Å². The van der Waals surface area contributed by atoms with Crippen molar-refractivity contribution >= 4 is 43.0 Å². The summed E-state index contributed by atoms with van der Waals surface area (Å²) >= 11 is 4.23. The normalized spacial score (nSPS) is 11.5. The first-order chi connectivity index (χ1) is 8.43. The highest BCUT2D eigenvalue weighted by atomic mass is 79.9. The zero-order chi connectivity index (χ0) is 13.3. The van der Waals surface area contributed by atoms with Gasteiger partial charge in [0.1, 0.15) is 10.0 Å². The van der Waals surface area contributed by atoms with E-state index in [1.54, 1.807) is 17.5 Å². The molecule has 18 heavy (non-hydrogen) atoms. The molecule has 1 heterocycles. The number of halogens is 2. The molecule has 3 nitrogen and oxygen atoms in total. The van der Waals surface area contributed by atoms with E-state index in [2.05, 4.69) is 15.9 Å². The quantitative estimate of drug-likeness (QED) is 0.850. The number of benzene rings is 1. The van der Waals surface area contributed by atoms with Gasteiger partial charge >= 0.3 is 0 Å². The Morgan fingerprint density at radius 1 is 1.33 bits per heavy atom. The van der Waals surface area contributed by atoms with Crippen LogP contribution >= 0.6 is 27.3 Å². The highest BCUT2D eigenvalue weighted by Gasteiger charge is 2.24. The SMILES string of the molecule is CN(c1ccc(Br)cc1F)S(=O)(=O)c1cccs1. The van der Waals surface area contributed by atoms with Crippen molar-refractivity contribution in [2.24, 2.45) is 0 Å². The van der Waals surface area contributed by atoms with Crippen LogP contribution in [0.2, 0.25) is 0 Å². The Morgan fingerprint density at radius 3 is 2.61 bits per heavy atom. The minimum Gasteiger partial charge on any atom is -0.266 e. The second kappa shape index (κ2) is 4.99. The van der Waals surface area contributed by atoms with Crippen molar-refractivity contribution in [3.8, 4) is 0 Å². The molecule has 1 aromatic heterocycles. The Balaban J connectivity index is 2.46. The highest BCUT2D eigenvalue weighted by molar-refractivity contribution is 9.10. The standard InChI is InChI=1S/C11H9BrFNO2S2/c1-14(10-5-4-8(12)7-9(10)13)18(15,16)11-3-2-6-17-11/h2-7H,1H3. The van der Waals surface area contributed by atoms with Crippen LogP contribution in [0.3, 0.4) is 0 Å². The molecule has 7 heteroatoms. The van der Waals surface area contributed by atoms with Crippen LogP contribution in [-0.2, 0) is 10.0 Å². The fraction of sp³-hybridized carbons (Fsp3) is 0.0909. The van der Waals surface area contributed by atoms with Gasteiger partial charge in [0, 0.05) is 11.5 Å². The molecule has 0 aliphatic rings. The summed E-state index contributed by atoms with van der Waals surface area (Å²) in [4.78, 5) is 0. The van der Waals surface area contributed by atoms with E-state index in [9.17, 15) is 12.8 Å². The van der Waals surface area contributed by atoms with Gasteiger partial charge in [-0.15, -0.1) is 11.3 Å². The minimum atomic E-state index is -3.69. The molecule has 0 bridgehead atoms. The molecule has 0 N–H and O–H groups in total. The van der Waals surface area contributed by atoms with Gasteiger partial charge in [0.2, 0.25) is 0 Å². The second-order valence-electron chi connectivity index (χ2n) is 3.50. The first-order valence-corrected chi connectivity index (χ1v) is 8.01. The number of nitrogens with zero attached hydrogens (tertiary/aromatic N) is 1. The van der Waals surface area contributed by atoms with Gasteiger partial charge in [-0.25, -0.2) is 12.8 Å². The Bertz CT molecular complexity index is 656. The van der Waals surface area contributed by atoms with Gasteiger partial charge in [-0.3, -0.25) is 4.31 Å². The minimum absolute atomic E-state index is 0.0200. The molecule has 0 aliphatic heterocycles.